The second-order valence-corrected chi connectivity index (χ2v) is 5.23. The number of aryl methyl sites for hydroxylation is 1. The summed E-state index contributed by atoms with van der Waals surface area (Å²) in [5.74, 6) is -1.10. The van der Waals surface area contributed by atoms with Crippen molar-refractivity contribution in [2.45, 2.75) is 38.8 Å². The predicted octanol–water partition coefficient (Wildman–Crippen LogP) is 0.744. The molecule has 0 radical (unpaired) electrons. The number of carbonyl (C=O) groups is 2. The average Bonchev–Trinajstić information content (AvgIpc) is 2.99. The van der Waals surface area contributed by atoms with Crippen molar-refractivity contribution in [3.63, 3.8) is 0 Å². The Morgan fingerprint density at radius 2 is 2.30 bits per heavy atom. The molecule has 1 aromatic rings. The molecule has 7 heteroatoms. The molecule has 110 valence electrons. The maximum Gasteiger partial charge on any atom is 0.315 e. The third-order valence-corrected chi connectivity index (χ3v) is 3.51. The molecule has 1 heterocycles. The third kappa shape index (κ3) is 3.97. The lowest BCUT2D eigenvalue weighted by atomic mass is 10.1. The summed E-state index contributed by atoms with van der Waals surface area (Å²) in [6.07, 6.45) is 5.55. The van der Waals surface area contributed by atoms with Crippen LogP contribution in [0.5, 0.6) is 0 Å². The molecule has 2 amide bonds. The molecule has 0 saturated heterocycles. The predicted molar refractivity (Wildman–Crippen MR) is 72.3 cm³/mol. The van der Waals surface area contributed by atoms with E-state index in [1.807, 2.05) is 13.1 Å². The monoisotopic (exact) mass is 280 g/mol. The number of carboxylic acids is 1. The number of rotatable bonds is 5. The fourth-order valence-corrected chi connectivity index (χ4v) is 2.45. The van der Waals surface area contributed by atoms with Gasteiger partial charge in [0.25, 0.3) is 0 Å². The Kier molecular flexibility index (Phi) is 4.60. The maximum absolute atomic E-state index is 11.7. The van der Waals surface area contributed by atoms with Crippen LogP contribution in [0.1, 0.15) is 24.8 Å². The topological polar surface area (TPSA) is 96.3 Å². The molecule has 2 unspecified atom stereocenters. The van der Waals surface area contributed by atoms with E-state index < -0.39 is 5.97 Å². The normalized spacial score (nSPS) is 21.6. The quantitative estimate of drug-likeness (QED) is 0.741. The molecule has 2 atom stereocenters. The van der Waals surface area contributed by atoms with Gasteiger partial charge in [0.15, 0.2) is 0 Å². The largest absolute Gasteiger partial charge is 0.481 e. The van der Waals surface area contributed by atoms with Gasteiger partial charge in [0.05, 0.1) is 18.7 Å². The minimum atomic E-state index is -0.774. The van der Waals surface area contributed by atoms with E-state index in [9.17, 15) is 9.59 Å². The van der Waals surface area contributed by atoms with Crippen LogP contribution >= 0.6 is 0 Å². The molecule has 7 nitrogen and oxygen atoms in total. The summed E-state index contributed by atoms with van der Waals surface area (Å²) in [5, 5.41) is 18.6. The minimum Gasteiger partial charge on any atom is -0.481 e. The number of nitrogens with one attached hydrogen (secondary N) is 2. The van der Waals surface area contributed by atoms with E-state index in [-0.39, 0.29) is 18.0 Å². The summed E-state index contributed by atoms with van der Waals surface area (Å²) in [6.45, 7) is 3.06. The molecular formula is C13H20N4O3. The average molecular weight is 280 g/mol. The number of aromatic nitrogens is 2. The van der Waals surface area contributed by atoms with Crippen molar-refractivity contribution in [2.75, 3.05) is 6.54 Å². The van der Waals surface area contributed by atoms with Gasteiger partial charge >= 0.3 is 12.0 Å². The van der Waals surface area contributed by atoms with Gasteiger partial charge < -0.3 is 15.7 Å². The molecule has 0 aliphatic heterocycles. The van der Waals surface area contributed by atoms with E-state index in [0.29, 0.717) is 25.9 Å². The second-order valence-electron chi connectivity index (χ2n) is 5.23. The molecule has 2 rings (SSSR count). The fourth-order valence-electron chi connectivity index (χ4n) is 2.45. The Balaban J connectivity index is 1.65. The van der Waals surface area contributed by atoms with Crippen molar-refractivity contribution >= 4 is 12.0 Å². The molecule has 1 saturated carbocycles. The lowest BCUT2D eigenvalue weighted by Crippen LogP contribution is -2.42. The van der Waals surface area contributed by atoms with Crippen LogP contribution in [0, 0.1) is 12.8 Å². The summed E-state index contributed by atoms with van der Waals surface area (Å²) >= 11 is 0. The Morgan fingerprint density at radius 3 is 2.90 bits per heavy atom. The van der Waals surface area contributed by atoms with Gasteiger partial charge in [-0.05, 0) is 31.7 Å². The first-order chi connectivity index (χ1) is 9.54. The van der Waals surface area contributed by atoms with Crippen molar-refractivity contribution in [2.24, 2.45) is 5.92 Å². The lowest BCUT2D eigenvalue weighted by Gasteiger charge is -2.13. The number of carbonyl (C=O) groups excluding carboxylic acids is 1. The molecule has 1 aromatic heterocycles. The Hall–Kier alpha value is -2.05. The highest BCUT2D eigenvalue weighted by Gasteiger charge is 2.30. The lowest BCUT2D eigenvalue weighted by molar-refractivity contribution is -0.141. The highest BCUT2D eigenvalue weighted by molar-refractivity contribution is 5.75. The van der Waals surface area contributed by atoms with Crippen LogP contribution in [-0.2, 0) is 11.3 Å². The van der Waals surface area contributed by atoms with Gasteiger partial charge in [-0.1, -0.05) is 0 Å². The van der Waals surface area contributed by atoms with Crippen molar-refractivity contribution in [1.29, 1.82) is 0 Å². The number of urea groups is 1. The zero-order chi connectivity index (χ0) is 14.5. The highest BCUT2D eigenvalue weighted by atomic mass is 16.4. The highest BCUT2D eigenvalue weighted by Crippen LogP contribution is 2.25. The number of carboxylic acid groups (broad SMARTS) is 1. The van der Waals surface area contributed by atoms with Gasteiger partial charge in [-0.3, -0.25) is 9.48 Å². The van der Waals surface area contributed by atoms with Gasteiger partial charge in [-0.2, -0.15) is 5.10 Å². The fraction of sp³-hybridized carbons (Fsp3) is 0.615. The number of hydrogen-bond donors (Lipinski definition) is 3. The van der Waals surface area contributed by atoms with Crippen molar-refractivity contribution < 1.29 is 14.7 Å². The number of amides is 2. The Bertz CT molecular complexity index is 486. The van der Waals surface area contributed by atoms with E-state index in [1.165, 1.54) is 0 Å². The molecule has 1 fully saturated rings. The number of aliphatic carboxylic acids is 1. The van der Waals surface area contributed by atoms with Crippen molar-refractivity contribution in [3.05, 3.63) is 18.0 Å². The first-order valence-corrected chi connectivity index (χ1v) is 6.81. The molecule has 0 bridgehead atoms. The summed E-state index contributed by atoms with van der Waals surface area (Å²) in [7, 11) is 0. The van der Waals surface area contributed by atoms with E-state index in [1.54, 1.807) is 10.9 Å². The van der Waals surface area contributed by atoms with Gasteiger partial charge in [-0.15, -0.1) is 0 Å². The standard InChI is InChI=1S/C13H20N4O3/c1-9-7-15-17(8-9)5-4-14-13(20)16-11-3-2-10(6-11)12(18)19/h7-8,10-11H,2-6H2,1H3,(H,18,19)(H2,14,16,20). The van der Waals surface area contributed by atoms with Gasteiger partial charge in [0.1, 0.15) is 0 Å². The summed E-state index contributed by atoms with van der Waals surface area (Å²) in [5.41, 5.74) is 1.08. The van der Waals surface area contributed by atoms with E-state index >= 15 is 0 Å². The zero-order valence-electron chi connectivity index (χ0n) is 11.5. The maximum atomic E-state index is 11.7. The minimum absolute atomic E-state index is 0.0388. The van der Waals surface area contributed by atoms with Gasteiger partial charge in [0, 0.05) is 18.8 Å². The van der Waals surface area contributed by atoms with Crippen LogP contribution in [0.3, 0.4) is 0 Å². The SMILES string of the molecule is Cc1cnn(CCNC(=O)NC2CCC(C(=O)O)C2)c1. The summed E-state index contributed by atoms with van der Waals surface area (Å²) in [4.78, 5) is 22.5. The van der Waals surface area contributed by atoms with E-state index in [4.69, 9.17) is 5.11 Å². The van der Waals surface area contributed by atoms with Crippen molar-refractivity contribution in [3.8, 4) is 0 Å². The van der Waals surface area contributed by atoms with Crippen LogP contribution in [0.4, 0.5) is 4.79 Å². The first-order valence-electron chi connectivity index (χ1n) is 6.81. The molecular weight excluding hydrogens is 260 g/mol. The molecule has 20 heavy (non-hydrogen) atoms. The molecule has 3 N–H and O–H groups in total. The van der Waals surface area contributed by atoms with Crippen LogP contribution < -0.4 is 10.6 Å². The van der Waals surface area contributed by atoms with Crippen LogP contribution in [0.25, 0.3) is 0 Å². The second kappa shape index (κ2) is 6.40. The first kappa shape index (κ1) is 14.4. The van der Waals surface area contributed by atoms with Crippen LogP contribution in [0.2, 0.25) is 0 Å². The van der Waals surface area contributed by atoms with Crippen LogP contribution in [-0.4, -0.2) is 39.5 Å². The van der Waals surface area contributed by atoms with Gasteiger partial charge in [0.2, 0.25) is 0 Å². The number of nitrogens with zero attached hydrogens (tertiary/aromatic N) is 2. The zero-order valence-corrected chi connectivity index (χ0v) is 11.5. The molecule has 1 aliphatic carbocycles. The van der Waals surface area contributed by atoms with Crippen LogP contribution in [0.15, 0.2) is 12.4 Å². The molecule has 1 aliphatic rings. The Labute approximate surface area is 117 Å². The van der Waals surface area contributed by atoms with E-state index in [2.05, 4.69) is 15.7 Å². The molecule has 0 spiro atoms. The summed E-state index contributed by atoms with van der Waals surface area (Å²) < 4.78 is 1.77. The number of hydrogen-bond acceptors (Lipinski definition) is 3. The Morgan fingerprint density at radius 1 is 1.50 bits per heavy atom. The molecule has 0 aromatic carbocycles. The smallest absolute Gasteiger partial charge is 0.315 e. The third-order valence-electron chi connectivity index (χ3n) is 3.51. The van der Waals surface area contributed by atoms with Gasteiger partial charge in [-0.25, -0.2) is 4.79 Å². The van der Waals surface area contributed by atoms with Crippen molar-refractivity contribution in [1.82, 2.24) is 20.4 Å². The summed E-state index contributed by atoms with van der Waals surface area (Å²) in [6, 6.07) is -0.284. The van der Waals surface area contributed by atoms with E-state index in [0.717, 1.165) is 12.0 Å².